The summed E-state index contributed by atoms with van der Waals surface area (Å²) in [6.07, 6.45) is 3.98. The van der Waals surface area contributed by atoms with Crippen molar-refractivity contribution in [2.75, 3.05) is 6.26 Å². The van der Waals surface area contributed by atoms with E-state index in [0.717, 1.165) is 47.7 Å². The van der Waals surface area contributed by atoms with Crippen molar-refractivity contribution < 1.29 is 35.8 Å². The number of hydrogen-bond acceptors (Lipinski definition) is 10. The first-order valence-corrected chi connectivity index (χ1v) is 17.8. The Morgan fingerprint density at radius 3 is 1.72 bits per heavy atom. The molecule has 0 unspecified atom stereocenters. The van der Waals surface area contributed by atoms with Crippen LogP contribution in [0.25, 0.3) is 44.6 Å². The van der Waals surface area contributed by atoms with Crippen LogP contribution in [-0.4, -0.2) is 55.0 Å². The van der Waals surface area contributed by atoms with Gasteiger partial charge in [-0.3, -0.25) is 10.2 Å². The highest BCUT2D eigenvalue weighted by atomic mass is 35.5. The van der Waals surface area contributed by atoms with Crippen molar-refractivity contribution in [1.82, 2.24) is 40.3 Å². The van der Waals surface area contributed by atoms with Gasteiger partial charge in [-0.25, -0.2) is 35.9 Å². The van der Waals surface area contributed by atoms with Gasteiger partial charge in [0.25, 0.3) is 0 Å². The molecule has 0 saturated heterocycles. The molecule has 0 aliphatic carbocycles. The largest absolute Gasteiger partial charge is 0.870 e. The van der Waals surface area contributed by atoms with Gasteiger partial charge in [-0.05, 0) is 30.3 Å². The molecular weight excluding hydrogens is 775 g/mol. The van der Waals surface area contributed by atoms with Crippen LogP contribution in [0.15, 0.2) is 102 Å². The molecule has 0 bridgehead atoms. The number of aromatic nitrogens is 8. The van der Waals surface area contributed by atoms with Gasteiger partial charge in [0.15, 0.2) is 22.9 Å². The molecule has 0 amide bonds. The molecule has 19 heteroatoms. The van der Waals surface area contributed by atoms with Gasteiger partial charge in [0.05, 0.1) is 22.2 Å². The minimum Gasteiger partial charge on any atom is -0.870 e. The second kappa shape index (κ2) is 15.8. The molecule has 12 nitrogen and oxygen atoms in total. The Bertz CT molecular complexity index is 2750. The van der Waals surface area contributed by atoms with Crippen molar-refractivity contribution in [3.05, 3.63) is 131 Å². The molecule has 0 atom stereocenters. The van der Waals surface area contributed by atoms with Gasteiger partial charge in [-0.2, -0.15) is 20.2 Å². The van der Waals surface area contributed by atoms with Gasteiger partial charge in [-0.1, -0.05) is 71.4 Å². The number of sulfone groups is 1. The molecule has 2 N–H and O–H groups in total. The SMILES string of the molecule is CS(=O)(=O)c1ncc2c(-c3ccccc3Cl)[nH]nc2n1.Fc1ccc(Oc2ncc3c(-c4ccccc4Cl)[nH]nc3n2)c(F)c1.[O-]c1ccc(F)cc1F. The summed E-state index contributed by atoms with van der Waals surface area (Å²) in [6.45, 7) is 0. The third-order valence-electron chi connectivity index (χ3n) is 7.19. The summed E-state index contributed by atoms with van der Waals surface area (Å²) >= 11 is 12.3. The Hall–Kier alpha value is -6.17. The lowest BCUT2D eigenvalue weighted by Gasteiger charge is -2.05. The van der Waals surface area contributed by atoms with Crippen molar-refractivity contribution in [3.63, 3.8) is 0 Å². The molecular formula is C35H21Cl2F4N8O4S-. The maximum atomic E-state index is 13.7. The number of benzene rings is 4. The van der Waals surface area contributed by atoms with Crippen LogP contribution in [0, 0.1) is 23.3 Å². The van der Waals surface area contributed by atoms with E-state index in [1.54, 1.807) is 12.1 Å². The van der Waals surface area contributed by atoms with E-state index in [9.17, 15) is 31.1 Å². The molecule has 4 heterocycles. The van der Waals surface area contributed by atoms with Gasteiger partial charge in [0, 0.05) is 52.0 Å². The average molecular weight is 797 g/mol. The van der Waals surface area contributed by atoms with Crippen LogP contribution in [0.3, 0.4) is 0 Å². The Morgan fingerprint density at radius 2 is 1.20 bits per heavy atom. The van der Waals surface area contributed by atoms with Gasteiger partial charge >= 0.3 is 6.01 Å². The first-order valence-electron chi connectivity index (χ1n) is 15.2. The van der Waals surface area contributed by atoms with Gasteiger partial charge in [0.2, 0.25) is 15.0 Å². The molecule has 0 spiro atoms. The molecule has 4 aromatic carbocycles. The fourth-order valence-electron chi connectivity index (χ4n) is 4.67. The molecule has 0 saturated carbocycles. The summed E-state index contributed by atoms with van der Waals surface area (Å²) in [5.74, 6) is -4.28. The van der Waals surface area contributed by atoms with Crippen LogP contribution < -0.4 is 9.84 Å². The summed E-state index contributed by atoms with van der Waals surface area (Å²) in [5.41, 5.74) is 3.46. The van der Waals surface area contributed by atoms with Crippen LogP contribution in [0.5, 0.6) is 17.5 Å². The summed E-state index contributed by atoms with van der Waals surface area (Å²) in [7, 11) is -3.46. The summed E-state index contributed by atoms with van der Waals surface area (Å²) < 4.78 is 78.7. The smallest absolute Gasteiger partial charge is 0.324 e. The normalized spacial score (nSPS) is 11.1. The third kappa shape index (κ3) is 8.54. The Balaban J connectivity index is 0.000000153. The van der Waals surface area contributed by atoms with E-state index in [-0.39, 0.29) is 22.6 Å². The van der Waals surface area contributed by atoms with Gasteiger partial charge in [-0.15, -0.1) is 0 Å². The van der Waals surface area contributed by atoms with E-state index in [0.29, 0.717) is 43.9 Å². The van der Waals surface area contributed by atoms with Gasteiger partial charge in [0.1, 0.15) is 17.5 Å². The fraction of sp³-hybridized carbons (Fsp3) is 0.0286. The monoisotopic (exact) mass is 795 g/mol. The van der Waals surface area contributed by atoms with Crippen LogP contribution in [-0.2, 0) is 9.84 Å². The van der Waals surface area contributed by atoms with E-state index in [1.165, 1.54) is 12.4 Å². The average Bonchev–Trinajstić information content (AvgIpc) is 3.76. The molecule has 0 radical (unpaired) electrons. The zero-order valence-electron chi connectivity index (χ0n) is 27.2. The number of aromatic amines is 2. The first kappa shape index (κ1) is 37.6. The standard InChI is InChI=1S/C17H9ClF2N4O.C12H9ClN4O2S.C6H4F2O/c18-12-4-2-1-3-10(12)15-11-8-21-17(22-16(11)24-23-15)25-14-6-5-9(19)7-13(14)20;1-20(18,19)12-14-6-8-10(16-17-11(8)15-12)7-4-2-3-5-9(7)13;7-4-1-2-6(9)5(8)3-4/h1-8H,(H,21,22,23,24);2-6H,1H3,(H,14,15,16,17);1-3,9H/p-1. The number of nitrogens with one attached hydrogen (secondary N) is 2. The zero-order chi connectivity index (χ0) is 38.6. The van der Waals surface area contributed by atoms with Crippen molar-refractivity contribution >= 4 is 55.1 Å². The second-order valence-electron chi connectivity index (χ2n) is 11.0. The number of fused-ring (bicyclic) bond motifs is 2. The quantitative estimate of drug-likeness (QED) is 0.129. The highest BCUT2D eigenvalue weighted by molar-refractivity contribution is 7.90. The lowest BCUT2D eigenvalue weighted by Crippen LogP contribution is -2.03. The highest BCUT2D eigenvalue weighted by Gasteiger charge is 2.17. The topological polar surface area (TPSA) is 175 Å². The molecule has 8 rings (SSSR count). The predicted octanol–water partition coefficient (Wildman–Crippen LogP) is 7.86. The first-order chi connectivity index (χ1) is 25.8. The van der Waals surface area contributed by atoms with E-state index in [4.69, 9.17) is 27.9 Å². The molecule has 274 valence electrons. The number of halogens is 6. The Kier molecular flexibility index (Phi) is 11.0. The zero-order valence-corrected chi connectivity index (χ0v) is 29.6. The van der Waals surface area contributed by atoms with Crippen LogP contribution in [0.2, 0.25) is 10.0 Å². The Labute approximate surface area is 312 Å². The molecule has 4 aromatic heterocycles. The third-order valence-corrected chi connectivity index (χ3v) is 8.71. The molecule has 0 aliphatic rings. The maximum Gasteiger partial charge on any atom is 0.324 e. The summed E-state index contributed by atoms with van der Waals surface area (Å²) in [4.78, 5) is 16.0. The minimum absolute atomic E-state index is 0.102. The van der Waals surface area contributed by atoms with E-state index in [1.807, 2.05) is 36.4 Å². The molecule has 0 aliphatic heterocycles. The van der Waals surface area contributed by atoms with Crippen LogP contribution in [0.1, 0.15) is 0 Å². The number of rotatable bonds is 5. The van der Waals surface area contributed by atoms with Gasteiger partial charge < -0.3 is 9.84 Å². The van der Waals surface area contributed by atoms with E-state index < -0.39 is 38.9 Å². The van der Waals surface area contributed by atoms with Crippen LogP contribution >= 0.6 is 23.2 Å². The van der Waals surface area contributed by atoms with E-state index >= 15 is 0 Å². The number of ether oxygens (including phenoxy) is 1. The predicted molar refractivity (Wildman–Crippen MR) is 190 cm³/mol. The maximum absolute atomic E-state index is 13.7. The van der Waals surface area contributed by atoms with Crippen molar-refractivity contribution in [2.45, 2.75) is 5.16 Å². The van der Waals surface area contributed by atoms with Crippen molar-refractivity contribution in [1.29, 1.82) is 0 Å². The fourth-order valence-corrected chi connectivity index (χ4v) is 5.63. The van der Waals surface area contributed by atoms with E-state index in [2.05, 4.69) is 40.3 Å². The molecule has 0 fully saturated rings. The number of H-pyrrole nitrogens is 2. The lowest BCUT2D eigenvalue weighted by molar-refractivity contribution is -0.272. The molecule has 8 aromatic rings. The van der Waals surface area contributed by atoms with Crippen molar-refractivity contribution in [2.24, 2.45) is 0 Å². The Morgan fingerprint density at radius 1 is 0.685 bits per heavy atom. The summed E-state index contributed by atoms with van der Waals surface area (Å²) in [5, 5.41) is 26.2. The second-order valence-corrected chi connectivity index (χ2v) is 13.7. The van der Waals surface area contributed by atoms with Crippen LogP contribution in [0.4, 0.5) is 17.6 Å². The summed E-state index contributed by atoms with van der Waals surface area (Å²) in [6, 6.07) is 19.7. The number of nitrogens with zero attached hydrogens (tertiary/aromatic N) is 6. The highest BCUT2D eigenvalue weighted by Crippen LogP contribution is 2.33. The lowest BCUT2D eigenvalue weighted by atomic mass is 10.1. The molecule has 54 heavy (non-hydrogen) atoms. The minimum atomic E-state index is -3.46. The van der Waals surface area contributed by atoms with Crippen molar-refractivity contribution in [3.8, 4) is 40.0 Å². The number of hydrogen-bond donors (Lipinski definition) is 2.